The van der Waals surface area contributed by atoms with Crippen LogP contribution in [0.1, 0.15) is 32.1 Å². The highest BCUT2D eigenvalue weighted by atomic mass is 35.5. The second-order valence-corrected chi connectivity index (χ2v) is 9.68. The van der Waals surface area contributed by atoms with Crippen molar-refractivity contribution in [2.24, 2.45) is 5.92 Å². The van der Waals surface area contributed by atoms with Crippen LogP contribution < -0.4 is 15.7 Å². The molecule has 1 N–H and O–H groups in total. The molecule has 0 aliphatic carbocycles. The minimum atomic E-state index is -0.436. The molecule has 2 aromatic carbocycles. The Bertz CT molecular complexity index is 1220. The fourth-order valence-electron chi connectivity index (χ4n) is 5.27. The molecule has 3 aromatic rings. The van der Waals surface area contributed by atoms with Gasteiger partial charge in [-0.15, -0.1) is 0 Å². The molecule has 0 bridgehead atoms. The van der Waals surface area contributed by atoms with Crippen molar-refractivity contribution in [3.63, 3.8) is 0 Å². The molecule has 2 aliphatic heterocycles. The number of fused-ring (bicyclic) bond motifs is 2. The van der Waals surface area contributed by atoms with E-state index >= 15 is 0 Å². The lowest BCUT2D eigenvalue weighted by atomic mass is 9.83. The van der Waals surface area contributed by atoms with E-state index in [4.69, 9.17) is 20.8 Å². The number of rotatable bonds is 6. The van der Waals surface area contributed by atoms with Gasteiger partial charge in [-0.1, -0.05) is 30.2 Å². The number of hydrogen-bond acceptors (Lipinski definition) is 5. The predicted octanol–water partition coefficient (Wildman–Crippen LogP) is 4.87. The van der Waals surface area contributed by atoms with Crippen LogP contribution in [0.2, 0.25) is 5.02 Å². The summed E-state index contributed by atoms with van der Waals surface area (Å²) < 4.78 is 11.2. The molecule has 34 heavy (non-hydrogen) atoms. The first kappa shape index (κ1) is 22.9. The zero-order valence-corrected chi connectivity index (χ0v) is 19.9. The second kappa shape index (κ2) is 10.2. The topological polar surface area (TPSA) is 71.8 Å². The first-order valence-electron chi connectivity index (χ1n) is 12.0. The Balaban J connectivity index is 1.19. The molecule has 2 saturated heterocycles. The Morgan fingerprint density at radius 2 is 1.88 bits per heavy atom. The van der Waals surface area contributed by atoms with Gasteiger partial charge in [0, 0.05) is 29.1 Å². The van der Waals surface area contributed by atoms with Crippen LogP contribution in [-0.2, 0) is 4.79 Å². The molecule has 5 rings (SSSR count). The lowest BCUT2D eigenvalue weighted by Gasteiger charge is -2.44. The maximum atomic E-state index is 12.5. The average molecular weight is 481 g/mol. The van der Waals surface area contributed by atoms with E-state index in [9.17, 15) is 9.59 Å². The number of piperidine rings is 2. The monoisotopic (exact) mass is 480 g/mol. The number of ether oxygens (including phenoxy) is 1. The van der Waals surface area contributed by atoms with Crippen LogP contribution in [0.15, 0.2) is 57.7 Å². The molecule has 6 nitrogen and oxygen atoms in total. The SMILES string of the molecule is O=C(COc1ccc2cc(-c3ccc(Cl)cc3)c(=O)oc2c1)NC[C@H]1CCCN2CCCC[C@@H]12. The van der Waals surface area contributed by atoms with E-state index in [2.05, 4.69) is 10.2 Å². The number of benzene rings is 2. The average Bonchev–Trinajstić information content (AvgIpc) is 2.86. The van der Waals surface area contributed by atoms with Crippen molar-refractivity contribution in [2.75, 3.05) is 26.2 Å². The predicted molar refractivity (Wildman–Crippen MR) is 133 cm³/mol. The number of amides is 1. The first-order chi connectivity index (χ1) is 16.6. The van der Waals surface area contributed by atoms with E-state index in [-0.39, 0.29) is 12.5 Å². The molecule has 178 valence electrons. The molecule has 0 radical (unpaired) electrons. The standard InChI is InChI=1S/C27H29ClN2O4/c28-21-9-6-18(7-10-21)23-14-19-8-11-22(15-25(19)34-27(23)32)33-17-26(31)29-16-20-4-3-13-30-12-2-1-5-24(20)30/h6-11,14-15,20,24H,1-5,12-13,16-17H2,(H,29,31)/t20-,24+/m1/s1. The molecule has 2 fully saturated rings. The van der Waals surface area contributed by atoms with Crippen molar-refractivity contribution >= 4 is 28.5 Å². The van der Waals surface area contributed by atoms with Crippen LogP contribution in [0, 0.1) is 5.92 Å². The molecule has 2 aliphatic rings. The van der Waals surface area contributed by atoms with Crippen molar-refractivity contribution in [1.29, 1.82) is 0 Å². The van der Waals surface area contributed by atoms with Crippen LogP contribution in [-0.4, -0.2) is 43.1 Å². The van der Waals surface area contributed by atoms with Crippen LogP contribution in [0.25, 0.3) is 22.1 Å². The first-order valence-corrected chi connectivity index (χ1v) is 12.4. The maximum absolute atomic E-state index is 12.5. The Morgan fingerprint density at radius 3 is 2.74 bits per heavy atom. The molecule has 7 heteroatoms. The summed E-state index contributed by atoms with van der Waals surface area (Å²) in [6, 6.07) is 14.7. The number of halogens is 1. The molecule has 0 spiro atoms. The Kier molecular flexibility index (Phi) is 6.88. The van der Waals surface area contributed by atoms with Gasteiger partial charge in [0.05, 0.1) is 5.56 Å². The van der Waals surface area contributed by atoms with Gasteiger partial charge in [0.2, 0.25) is 0 Å². The molecule has 0 unspecified atom stereocenters. The third kappa shape index (κ3) is 5.13. The highest BCUT2D eigenvalue weighted by Gasteiger charge is 2.32. The summed E-state index contributed by atoms with van der Waals surface area (Å²) in [5.74, 6) is 0.872. The van der Waals surface area contributed by atoms with Gasteiger partial charge in [-0.25, -0.2) is 4.79 Å². The van der Waals surface area contributed by atoms with Crippen molar-refractivity contribution in [2.45, 2.75) is 38.1 Å². The van der Waals surface area contributed by atoms with Gasteiger partial charge in [-0.05, 0) is 80.6 Å². The fraction of sp³-hybridized carbons (Fsp3) is 0.407. The summed E-state index contributed by atoms with van der Waals surface area (Å²) in [5.41, 5.74) is 1.19. The lowest BCUT2D eigenvalue weighted by Crippen LogP contribution is -2.51. The minimum Gasteiger partial charge on any atom is -0.484 e. The minimum absolute atomic E-state index is 0.0697. The van der Waals surface area contributed by atoms with Crippen LogP contribution in [0.5, 0.6) is 5.75 Å². The molecule has 1 amide bonds. The van der Waals surface area contributed by atoms with Gasteiger partial charge >= 0.3 is 5.63 Å². The Labute approximate surface area is 203 Å². The second-order valence-electron chi connectivity index (χ2n) is 9.25. The highest BCUT2D eigenvalue weighted by molar-refractivity contribution is 6.30. The summed E-state index contributed by atoms with van der Waals surface area (Å²) in [6.45, 7) is 3.01. The normalized spacial score (nSPS) is 20.6. The molecule has 0 saturated carbocycles. The van der Waals surface area contributed by atoms with E-state index in [0.29, 0.717) is 40.4 Å². The quantitative estimate of drug-likeness (QED) is 0.509. The van der Waals surface area contributed by atoms with Crippen molar-refractivity contribution < 1.29 is 13.9 Å². The summed E-state index contributed by atoms with van der Waals surface area (Å²) in [4.78, 5) is 27.6. The van der Waals surface area contributed by atoms with Gasteiger partial charge in [-0.2, -0.15) is 0 Å². The van der Waals surface area contributed by atoms with Gasteiger partial charge in [0.1, 0.15) is 11.3 Å². The van der Waals surface area contributed by atoms with E-state index in [0.717, 1.165) is 10.9 Å². The van der Waals surface area contributed by atoms with Gasteiger partial charge in [0.25, 0.3) is 5.91 Å². The fourth-order valence-corrected chi connectivity index (χ4v) is 5.40. The lowest BCUT2D eigenvalue weighted by molar-refractivity contribution is -0.123. The summed E-state index contributed by atoms with van der Waals surface area (Å²) in [5, 5.41) is 4.44. The van der Waals surface area contributed by atoms with E-state index in [1.807, 2.05) is 6.07 Å². The third-order valence-corrected chi connectivity index (χ3v) is 7.27. The van der Waals surface area contributed by atoms with Crippen LogP contribution in [0.4, 0.5) is 0 Å². The smallest absolute Gasteiger partial charge is 0.344 e. The highest BCUT2D eigenvalue weighted by Crippen LogP contribution is 2.30. The van der Waals surface area contributed by atoms with E-state index in [1.54, 1.807) is 42.5 Å². The van der Waals surface area contributed by atoms with Gasteiger partial charge in [-0.3, -0.25) is 4.79 Å². The van der Waals surface area contributed by atoms with E-state index < -0.39 is 5.63 Å². The van der Waals surface area contributed by atoms with Gasteiger partial charge < -0.3 is 19.4 Å². The number of hydrogen-bond donors (Lipinski definition) is 1. The van der Waals surface area contributed by atoms with Crippen LogP contribution >= 0.6 is 11.6 Å². The van der Waals surface area contributed by atoms with E-state index in [1.165, 1.54) is 45.2 Å². The molecular weight excluding hydrogens is 452 g/mol. The zero-order valence-electron chi connectivity index (χ0n) is 19.1. The number of nitrogens with zero attached hydrogens (tertiary/aromatic N) is 1. The largest absolute Gasteiger partial charge is 0.484 e. The van der Waals surface area contributed by atoms with Crippen molar-refractivity contribution in [1.82, 2.24) is 10.2 Å². The molecule has 3 heterocycles. The Hall–Kier alpha value is -2.83. The number of carbonyl (C=O) groups excluding carboxylic acids is 1. The van der Waals surface area contributed by atoms with Crippen LogP contribution in [0.3, 0.4) is 0 Å². The van der Waals surface area contributed by atoms with Gasteiger partial charge in [0.15, 0.2) is 6.61 Å². The zero-order chi connectivity index (χ0) is 23.5. The summed E-state index contributed by atoms with van der Waals surface area (Å²) in [7, 11) is 0. The number of carbonyl (C=O) groups is 1. The summed E-state index contributed by atoms with van der Waals surface area (Å²) >= 11 is 5.94. The third-order valence-electron chi connectivity index (χ3n) is 7.02. The van der Waals surface area contributed by atoms with Crippen molar-refractivity contribution in [3.8, 4) is 16.9 Å². The Morgan fingerprint density at radius 1 is 1.06 bits per heavy atom. The molecular formula is C27H29ClN2O4. The number of nitrogens with one attached hydrogen (secondary N) is 1. The summed E-state index contributed by atoms with van der Waals surface area (Å²) in [6.07, 6.45) is 6.18. The molecule has 2 atom stereocenters. The maximum Gasteiger partial charge on any atom is 0.344 e. The van der Waals surface area contributed by atoms with Crippen molar-refractivity contribution in [3.05, 3.63) is 64.0 Å². The molecule has 1 aromatic heterocycles.